The summed E-state index contributed by atoms with van der Waals surface area (Å²) in [6, 6.07) is 22.7. The van der Waals surface area contributed by atoms with E-state index in [4.69, 9.17) is 5.73 Å². The normalized spacial score (nSPS) is 12.9. The van der Waals surface area contributed by atoms with Gasteiger partial charge in [-0.2, -0.15) is 5.26 Å². The van der Waals surface area contributed by atoms with E-state index in [-0.39, 0.29) is 5.56 Å². The second kappa shape index (κ2) is 8.35. The standard InChI is InChI=1S/C28H24N6O/c1-18-5-4-6-24(32-18)22-14-27(35)34(3)25-12-11-21(13-23(22)25)28(30,26-16-31-17-33(26)2)20-9-7-19(15-29)8-10-20/h4-14,16-17H,30H2,1-3H3/t28-/m1/s1. The van der Waals surface area contributed by atoms with Crippen LogP contribution < -0.4 is 11.3 Å². The van der Waals surface area contributed by atoms with E-state index in [0.29, 0.717) is 5.56 Å². The Morgan fingerprint density at radius 3 is 2.40 bits per heavy atom. The lowest BCUT2D eigenvalue weighted by molar-refractivity contribution is 0.596. The summed E-state index contributed by atoms with van der Waals surface area (Å²) in [5.74, 6) is 0. The minimum atomic E-state index is -1.06. The highest BCUT2D eigenvalue weighted by Crippen LogP contribution is 2.37. The lowest BCUT2D eigenvalue weighted by Crippen LogP contribution is -2.41. The maximum absolute atomic E-state index is 12.8. The summed E-state index contributed by atoms with van der Waals surface area (Å²) in [6.07, 6.45) is 3.47. The number of aryl methyl sites for hydroxylation is 3. The van der Waals surface area contributed by atoms with Crippen molar-refractivity contribution in [3.63, 3.8) is 0 Å². The summed E-state index contributed by atoms with van der Waals surface area (Å²) in [7, 11) is 3.66. The van der Waals surface area contributed by atoms with Gasteiger partial charge in [-0.15, -0.1) is 0 Å². The topological polar surface area (TPSA) is 103 Å². The molecular weight excluding hydrogens is 436 g/mol. The fourth-order valence-electron chi connectivity index (χ4n) is 4.62. The first kappa shape index (κ1) is 22.3. The van der Waals surface area contributed by atoms with Crippen LogP contribution >= 0.6 is 0 Å². The molecule has 3 heterocycles. The van der Waals surface area contributed by atoms with Crippen LogP contribution in [-0.4, -0.2) is 19.1 Å². The molecule has 3 aromatic heterocycles. The van der Waals surface area contributed by atoms with E-state index in [2.05, 4.69) is 16.0 Å². The second-order valence-electron chi connectivity index (χ2n) is 8.74. The van der Waals surface area contributed by atoms with Crippen LogP contribution in [0.3, 0.4) is 0 Å². The Kier molecular flexibility index (Phi) is 5.31. The molecule has 7 nitrogen and oxygen atoms in total. The molecule has 0 amide bonds. The first-order valence-corrected chi connectivity index (χ1v) is 11.2. The Balaban J connectivity index is 1.83. The third kappa shape index (κ3) is 3.61. The van der Waals surface area contributed by atoms with Crippen LogP contribution in [0.1, 0.15) is 28.1 Å². The molecule has 0 aliphatic heterocycles. The zero-order valence-electron chi connectivity index (χ0n) is 19.7. The Morgan fingerprint density at radius 2 is 1.74 bits per heavy atom. The number of hydrogen-bond donors (Lipinski definition) is 1. The molecule has 0 unspecified atom stereocenters. The molecule has 0 radical (unpaired) electrons. The molecule has 0 bridgehead atoms. The number of nitrogens with two attached hydrogens (primary N) is 1. The van der Waals surface area contributed by atoms with Crippen LogP contribution in [0, 0.1) is 18.3 Å². The number of pyridine rings is 2. The minimum Gasteiger partial charge on any atom is -0.336 e. The van der Waals surface area contributed by atoms with Gasteiger partial charge in [0.25, 0.3) is 5.56 Å². The maximum Gasteiger partial charge on any atom is 0.251 e. The van der Waals surface area contributed by atoms with E-state index in [9.17, 15) is 10.1 Å². The summed E-state index contributed by atoms with van der Waals surface area (Å²) in [5, 5.41) is 10.1. The highest BCUT2D eigenvalue weighted by Gasteiger charge is 2.35. The van der Waals surface area contributed by atoms with Crippen LogP contribution in [-0.2, 0) is 19.6 Å². The van der Waals surface area contributed by atoms with Gasteiger partial charge >= 0.3 is 0 Å². The Labute approximate surface area is 202 Å². The lowest BCUT2D eigenvalue weighted by Gasteiger charge is -2.31. The molecular formula is C28H24N6O. The average Bonchev–Trinajstić information content (AvgIpc) is 3.31. The van der Waals surface area contributed by atoms with Crippen molar-refractivity contribution >= 4 is 10.9 Å². The van der Waals surface area contributed by atoms with Crippen molar-refractivity contribution in [2.45, 2.75) is 12.5 Å². The van der Waals surface area contributed by atoms with E-state index in [1.165, 1.54) is 0 Å². The highest BCUT2D eigenvalue weighted by molar-refractivity contribution is 5.94. The Bertz CT molecular complexity index is 1670. The van der Waals surface area contributed by atoms with Crippen LogP contribution in [0.15, 0.2) is 84.0 Å². The van der Waals surface area contributed by atoms with Crippen LogP contribution in [0.25, 0.3) is 22.2 Å². The number of fused-ring (bicyclic) bond motifs is 1. The number of nitriles is 1. The summed E-state index contributed by atoms with van der Waals surface area (Å²) in [6.45, 7) is 1.93. The first-order valence-electron chi connectivity index (χ1n) is 11.2. The van der Waals surface area contributed by atoms with Crippen molar-refractivity contribution in [1.82, 2.24) is 19.1 Å². The molecule has 5 aromatic rings. The SMILES string of the molecule is Cc1cccc(-c2cc(=O)n(C)c3ccc([C@](N)(c4ccc(C#N)cc4)c4cncn4C)cc23)n1. The van der Waals surface area contributed by atoms with Crippen molar-refractivity contribution in [3.8, 4) is 17.3 Å². The number of benzene rings is 2. The second-order valence-corrected chi connectivity index (χ2v) is 8.74. The monoisotopic (exact) mass is 460 g/mol. The lowest BCUT2D eigenvalue weighted by atomic mass is 9.80. The summed E-state index contributed by atoms with van der Waals surface area (Å²) in [5.41, 5.74) is 12.2. The summed E-state index contributed by atoms with van der Waals surface area (Å²) in [4.78, 5) is 21.8. The zero-order chi connectivity index (χ0) is 24.7. The summed E-state index contributed by atoms with van der Waals surface area (Å²) < 4.78 is 3.52. The zero-order valence-corrected chi connectivity index (χ0v) is 19.7. The third-order valence-corrected chi connectivity index (χ3v) is 6.56. The van der Waals surface area contributed by atoms with Gasteiger partial charge in [-0.1, -0.05) is 24.3 Å². The Hall–Kier alpha value is -4.54. The van der Waals surface area contributed by atoms with Gasteiger partial charge in [-0.25, -0.2) is 4.98 Å². The van der Waals surface area contributed by atoms with E-state index in [0.717, 1.165) is 44.7 Å². The third-order valence-electron chi connectivity index (χ3n) is 6.56. The van der Waals surface area contributed by atoms with E-state index in [1.54, 1.807) is 42.3 Å². The highest BCUT2D eigenvalue weighted by atomic mass is 16.1. The number of rotatable bonds is 4. The van der Waals surface area contributed by atoms with Gasteiger partial charge in [0.05, 0.1) is 41.1 Å². The van der Waals surface area contributed by atoms with Gasteiger partial charge in [0.1, 0.15) is 5.54 Å². The molecule has 0 spiro atoms. The molecule has 2 aromatic carbocycles. The van der Waals surface area contributed by atoms with E-state index < -0.39 is 5.54 Å². The van der Waals surface area contributed by atoms with Crippen molar-refractivity contribution < 1.29 is 0 Å². The van der Waals surface area contributed by atoms with Crippen molar-refractivity contribution in [1.29, 1.82) is 5.26 Å². The maximum atomic E-state index is 12.8. The molecule has 0 saturated heterocycles. The molecule has 172 valence electrons. The van der Waals surface area contributed by atoms with Crippen molar-refractivity contribution in [2.24, 2.45) is 19.8 Å². The molecule has 1 atom stereocenters. The molecule has 7 heteroatoms. The quantitative estimate of drug-likeness (QED) is 0.440. The smallest absolute Gasteiger partial charge is 0.251 e. The van der Waals surface area contributed by atoms with Crippen molar-refractivity contribution in [3.05, 3.63) is 118 Å². The molecule has 35 heavy (non-hydrogen) atoms. The fourth-order valence-corrected chi connectivity index (χ4v) is 4.62. The van der Waals surface area contributed by atoms with Gasteiger partial charge in [0.15, 0.2) is 0 Å². The summed E-state index contributed by atoms with van der Waals surface area (Å²) >= 11 is 0. The van der Waals surface area contributed by atoms with Gasteiger partial charge < -0.3 is 14.9 Å². The number of nitrogens with zero attached hydrogens (tertiary/aromatic N) is 5. The van der Waals surface area contributed by atoms with Gasteiger partial charge in [0, 0.05) is 36.8 Å². The molecule has 5 rings (SSSR count). The van der Waals surface area contributed by atoms with Crippen LogP contribution in [0.4, 0.5) is 0 Å². The average molecular weight is 461 g/mol. The van der Waals surface area contributed by atoms with E-state index in [1.807, 2.05) is 67.1 Å². The van der Waals surface area contributed by atoms with Gasteiger partial charge in [-0.05, 0) is 54.4 Å². The van der Waals surface area contributed by atoms with Gasteiger partial charge in [-0.3, -0.25) is 9.78 Å². The largest absolute Gasteiger partial charge is 0.336 e. The minimum absolute atomic E-state index is 0.110. The molecule has 0 fully saturated rings. The molecule has 2 N–H and O–H groups in total. The predicted octanol–water partition coefficient (Wildman–Crippen LogP) is 3.76. The van der Waals surface area contributed by atoms with Gasteiger partial charge in [0.2, 0.25) is 0 Å². The van der Waals surface area contributed by atoms with E-state index >= 15 is 0 Å². The molecule has 0 aliphatic rings. The first-order chi connectivity index (χ1) is 16.8. The van der Waals surface area contributed by atoms with Crippen LogP contribution in [0.2, 0.25) is 0 Å². The van der Waals surface area contributed by atoms with Crippen molar-refractivity contribution in [2.75, 3.05) is 0 Å². The molecule has 0 saturated carbocycles. The number of imidazole rings is 1. The molecule has 0 aliphatic carbocycles. The predicted molar refractivity (Wildman–Crippen MR) is 136 cm³/mol. The number of hydrogen-bond acceptors (Lipinski definition) is 5. The fraction of sp³-hybridized carbons (Fsp3) is 0.143. The Morgan fingerprint density at radius 1 is 1.00 bits per heavy atom. The number of aromatic nitrogens is 4. The van der Waals surface area contributed by atoms with Crippen LogP contribution in [0.5, 0.6) is 0 Å².